The molecule has 0 saturated carbocycles. The highest BCUT2D eigenvalue weighted by atomic mass is 32.1. The standard InChI is InChI=1S/C34H31N5O3S/c1-2-41-28-19-17-25(18-20-28)38-22-8-12-30(38)33-32(29-11-6-7-21-35-29)37-34(43)39(33)26-15-13-24(14-16-26)36-31(40)23-42-27-9-4-3-5-10-27/h3-22,32-33H,2,23H2,1H3,(H,36,40)(H,37,43). The van der Waals surface area contributed by atoms with Crippen LogP contribution >= 0.6 is 12.2 Å². The molecule has 1 saturated heterocycles. The molecule has 6 rings (SSSR count). The summed E-state index contributed by atoms with van der Waals surface area (Å²) in [6, 6.07) is 34.6. The lowest BCUT2D eigenvalue weighted by atomic mass is 10.0. The van der Waals surface area contributed by atoms with Gasteiger partial charge in [-0.05, 0) is 104 Å². The van der Waals surface area contributed by atoms with Gasteiger partial charge >= 0.3 is 0 Å². The number of anilines is 2. The van der Waals surface area contributed by atoms with Crippen molar-refractivity contribution in [3.63, 3.8) is 0 Å². The average Bonchev–Trinajstić information content (AvgIpc) is 3.66. The van der Waals surface area contributed by atoms with E-state index in [0.29, 0.717) is 23.2 Å². The Kier molecular flexibility index (Phi) is 8.33. The van der Waals surface area contributed by atoms with E-state index in [-0.39, 0.29) is 24.6 Å². The molecule has 3 aromatic carbocycles. The van der Waals surface area contributed by atoms with Gasteiger partial charge in [0.15, 0.2) is 11.7 Å². The maximum Gasteiger partial charge on any atom is 0.262 e. The number of para-hydroxylation sites is 1. The number of benzene rings is 3. The Bertz CT molecular complexity index is 1680. The molecule has 8 nitrogen and oxygen atoms in total. The molecule has 216 valence electrons. The van der Waals surface area contributed by atoms with Crippen molar-refractivity contribution in [1.82, 2.24) is 14.9 Å². The highest BCUT2D eigenvalue weighted by molar-refractivity contribution is 7.80. The Balaban J connectivity index is 1.28. The lowest BCUT2D eigenvalue weighted by Gasteiger charge is -2.29. The number of carbonyl (C=O) groups is 1. The van der Waals surface area contributed by atoms with Gasteiger partial charge in [-0.15, -0.1) is 0 Å². The smallest absolute Gasteiger partial charge is 0.262 e. The van der Waals surface area contributed by atoms with Crippen LogP contribution in [0.5, 0.6) is 11.5 Å². The summed E-state index contributed by atoms with van der Waals surface area (Å²) in [4.78, 5) is 19.3. The number of nitrogens with one attached hydrogen (secondary N) is 2. The molecule has 3 heterocycles. The fourth-order valence-electron chi connectivity index (χ4n) is 5.24. The van der Waals surface area contributed by atoms with Crippen LogP contribution in [-0.2, 0) is 4.79 Å². The summed E-state index contributed by atoms with van der Waals surface area (Å²) in [5, 5.41) is 7.01. The van der Waals surface area contributed by atoms with Crippen molar-refractivity contribution in [2.45, 2.75) is 19.0 Å². The van der Waals surface area contributed by atoms with Crippen LogP contribution in [-0.4, -0.2) is 33.8 Å². The van der Waals surface area contributed by atoms with Crippen LogP contribution in [0.25, 0.3) is 5.69 Å². The van der Waals surface area contributed by atoms with Gasteiger partial charge in [0.2, 0.25) is 0 Å². The molecule has 1 aliphatic heterocycles. The molecule has 0 radical (unpaired) electrons. The van der Waals surface area contributed by atoms with E-state index in [1.807, 2.05) is 110 Å². The van der Waals surface area contributed by atoms with E-state index in [1.165, 1.54) is 0 Å². The van der Waals surface area contributed by atoms with Gasteiger partial charge in [0.1, 0.15) is 17.5 Å². The van der Waals surface area contributed by atoms with Crippen molar-refractivity contribution in [3.8, 4) is 17.2 Å². The number of hydrogen-bond donors (Lipinski definition) is 2. The second kappa shape index (κ2) is 12.8. The summed E-state index contributed by atoms with van der Waals surface area (Å²) >= 11 is 5.92. The number of pyridine rings is 1. The Morgan fingerprint density at radius 3 is 2.30 bits per heavy atom. The third kappa shape index (κ3) is 6.22. The van der Waals surface area contributed by atoms with E-state index in [9.17, 15) is 4.79 Å². The van der Waals surface area contributed by atoms with E-state index >= 15 is 0 Å². The summed E-state index contributed by atoms with van der Waals surface area (Å²) in [7, 11) is 0. The van der Waals surface area contributed by atoms with Crippen molar-refractivity contribution in [2.75, 3.05) is 23.4 Å². The Morgan fingerprint density at radius 2 is 1.58 bits per heavy atom. The summed E-state index contributed by atoms with van der Waals surface area (Å²) in [6.07, 6.45) is 3.85. The summed E-state index contributed by atoms with van der Waals surface area (Å²) in [6.45, 7) is 2.51. The van der Waals surface area contributed by atoms with Gasteiger partial charge < -0.3 is 29.6 Å². The van der Waals surface area contributed by atoms with Crippen LogP contribution in [0.2, 0.25) is 0 Å². The number of thiocarbonyl (C=S) groups is 1. The van der Waals surface area contributed by atoms with Gasteiger partial charge in [-0.1, -0.05) is 24.3 Å². The van der Waals surface area contributed by atoms with Crippen LogP contribution < -0.4 is 25.0 Å². The second-order valence-corrected chi connectivity index (χ2v) is 10.3. The van der Waals surface area contributed by atoms with Gasteiger partial charge in [0.25, 0.3) is 5.91 Å². The van der Waals surface area contributed by atoms with Crippen LogP contribution in [0.15, 0.2) is 122 Å². The van der Waals surface area contributed by atoms with E-state index in [1.54, 1.807) is 6.20 Å². The molecule has 2 atom stereocenters. The summed E-state index contributed by atoms with van der Waals surface area (Å²) in [5.74, 6) is 1.23. The molecule has 2 aromatic heterocycles. The molecule has 2 unspecified atom stereocenters. The van der Waals surface area contributed by atoms with E-state index in [4.69, 9.17) is 21.7 Å². The molecule has 0 aliphatic carbocycles. The topological polar surface area (TPSA) is 80.7 Å². The largest absolute Gasteiger partial charge is 0.494 e. The molecule has 0 spiro atoms. The van der Waals surface area contributed by atoms with Crippen molar-refractivity contribution in [2.24, 2.45) is 0 Å². The predicted octanol–water partition coefficient (Wildman–Crippen LogP) is 6.47. The third-order valence-corrected chi connectivity index (χ3v) is 7.46. The molecule has 0 bridgehead atoms. The number of nitrogens with zero attached hydrogens (tertiary/aromatic N) is 3. The first kappa shape index (κ1) is 28.0. The van der Waals surface area contributed by atoms with Crippen LogP contribution in [0.4, 0.5) is 11.4 Å². The monoisotopic (exact) mass is 589 g/mol. The maximum atomic E-state index is 12.5. The molecular weight excluding hydrogens is 558 g/mol. The summed E-state index contributed by atoms with van der Waals surface area (Å²) < 4.78 is 13.4. The van der Waals surface area contributed by atoms with Crippen LogP contribution in [0.3, 0.4) is 0 Å². The van der Waals surface area contributed by atoms with Gasteiger partial charge in [-0.25, -0.2) is 0 Å². The Hall–Kier alpha value is -5.15. The first-order valence-electron chi connectivity index (χ1n) is 14.1. The number of rotatable bonds is 10. The number of amides is 1. The molecule has 1 aliphatic rings. The summed E-state index contributed by atoms with van der Waals surface area (Å²) in [5.41, 5.74) is 4.50. The molecule has 2 N–H and O–H groups in total. The van der Waals surface area contributed by atoms with Crippen molar-refractivity contribution in [3.05, 3.63) is 133 Å². The molecule has 9 heteroatoms. The highest BCUT2D eigenvalue weighted by Gasteiger charge is 2.42. The Labute approximate surface area is 255 Å². The molecule has 5 aromatic rings. The van der Waals surface area contributed by atoms with E-state index < -0.39 is 0 Å². The van der Waals surface area contributed by atoms with Crippen molar-refractivity contribution in [1.29, 1.82) is 0 Å². The van der Waals surface area contributed by atoms with E-state index in [2.05, 4.69) is 37.3 Å². The van der Waals surface area contributed by atoms with Crippen molar-refractivity contribution >= 4 is 34.6 Å². The number of carbonyl (C=O) groups excluding carboxylic acids is 1. The first-order valence-corrected chi connectivity index (χ1v) is 14.5. The van der Waals surface area contributed by atoms with Crippen molar-refractivity contribution < 1.29 is 14.3 Å². The minimum absolute atomic E-state index is 0.0811. The SMILES string of the molecule is CCOc1ccc(-n2cccc2C2C(c3ccccn3)NC(=S)N2c2ccc(NC(=O)COc3ccccc3)cc2)cc1. The lowest BCUT2D eigenvalue weighted by molar-refractivity contribution is -0.118. The predicted molar refractivity (Wildman–Crippen MR) is 172 cm³/mol. The number of hydrogen-bond acceptors (Lipinski definition) is 5. The lowest BCUT2D eigenvalue weighted by Crippen LogP contribution is -2.30. The van der Waals surface area contributed by atoms with Gasteiger partial charge in [0, 0.05) is 35.1 Å². The van der Waals surface area contributed by atoms with E-state index in [0.717, 1.165) is 28.5 Å². The minimum atomic E-state index is -0.240. The highest BCUT2D eigenvalue weighted by Crippen LogP contribution is 2.42. The molecule has 1 amide bonds. The number of ether oxygens (including phenoxy) is 2. The maximum absolute atomic E-state index is 12.5. The zero-order valence-corrected chi connectivity index (χ0v) is 24.4. The zero-order chi connectivity index (χ0) is 29.6. The number of aromatic nitrogens is 2. The van der Waals surface area contributed by atoms with Gasteiger partial charge in [-0.3, -0.25) is 9.78 Å². The second-order valence-electron chi connectivity index (χ2n) is 9.92. The Morgan fingerprint density at radius 1 is 0.860 bits per heavy atom. The first-order chi connectivity index (χ1) is 21.1. The molecule has 1 fully saturated rings. The van der Waals surface area contributed by atoms with Gasteiger partial charge in [-0.2, -0.15) is 0 Å². The fraction of sp³-hybridized carbons (Fsp3) is 0.147. The molecular formula is C34H31N5O3S. The van der Waals surface area contributed by atoms with Crippen LogP contribution in [0, 0.1) is 0 Å². The normalized spacial score (nSPS) is 16.0. The minimum Gasteiger partial charge on any atom is -0.494 e. The fourth-order valence-corrected chi connectivity index (χ4v) is 5.59. The molecule has 43 heavy (non-hydrogen) atoms. The third-order valence-electron chi connectivity index (χ3n) is 7.15. The average molecular weight is 590 g/mol. The quantitative estimate of drug-likeness (QED) is 0.181. The van der Waals surface area contributed by atoms with Crippen LogP contribution in [0.1, 0.15) is 30.4 Å². The zero-order valence-electron chi connectivity index (χ0n) is 23.6. The van der Waals surface area contributed by atoms with Gasteiger partial charge in [0.05, 0.1) is 18.3 Å².